The number of fused-ring (bicyclic) bond motifs is 1. The van der Waals surface area contributed by atoms with Crippen LogP contribution in [0.2, 0.25) is 0 Å². The van der Waals surface area contributed by atoms with E-state index in [0.717, 1.165) is 11.8 Å². The number of methoxy groups -OCH3 is 1. The first-order chi connectivity index (χ1) is 19.3. The van der Waals surface area contributed by atoms with E-state index in [-0.39, 0.29) is 28.7 Å². The molecule has 0 aliphatic carbocycles. The number of rotatable bonds is 4. The second-order valence-corrected chi connectivity index (χ2v) is 12.7. The highest BCUT2D eigenvalue weighted by atomic mass is 32.2. The maximum absolute atomic E-state index is 14.0. The first-order valence-corrected chi connectivity index (χ1v) is 14.9. The van der Waals surface area contributed by atoms with Crippen molar-refractivity contribution in [2.75, 3.05) is 62.9 Å². The quantitative estimate of drug-likeness (QED) is 0.518. The number of hydrogen-bond acceptors (Lipinski definition) is 8. The fourth-order valence-electron chi connectivity index (χ4n) is 5.66. The number of alkyl halides is 3. The van der Waals surface area contributed by atoms with E-state index in [4.69, 9.17) is 9.47 Å². The van der Waals surface area contributed by atoms with Crippen LogP contribution in [0.1, 0.15) is 32.8 Å². The molecule has 0 saturated carbocycles. The summed E-state index contributed by atoms with van der Waals surface area (Å²) >= 11 is 1.69. The number of benzene rings is 1. The molecule has 41 heavy (non-hydrogen) atoms. The van der Waals surface area contributed by atoms with Crippen molar-refractivity contribution in [3.05, 3.63) is 29.8 Å². The molecule has 9 nitrogen and oxygen atoms in total. The Hall–Kier alpha value is -2.93. The average molecular weight is 596 g/mol. The van der Waals surface area contributed by atoms with E-state index in [1.165, 1.54) is 13.2 Å². The van der Waals surface area contributed by atoms with Gasteiger partial charge in [-0.3, -0.25) is 14.6 Å². The molecule has 1 aromatic carbocycles. The minimum Gasteiger partial charge on any atom is -0.497 e. The Labute approximate surface area is 241 Å². The highest BCUT2D eigenvalue weighted by molar-refractivity contribution is 7.99. The highest BCUT2D eigenvalue weighted by Crippen LogP contribution is 2.38. The van der Waals surface area contributed by atoms with Gasteiger partial charge in [0, 0.05) is 56.4 Å². The van der Waals surface area contributed by atoms with E-state index in [0.29, 0.717) is 57.3 Å². The lowest BCUT2D eigenvalue weighted by Gasteiger charge is -2.38. The Bertz CT molecular complexity index is 1290. The van der Waals surface area contributed by atoms with Gasteiger partial charge in [0.2, 0.25) is 5.91 Å². The summed E-state index contributed by atoms with van der Waals surface area (Å²) in [7, 11) is 1.41. The Balaban J connectivity index is 1.31. The van der Waals surface area contributed by atoms with Gasteiger partial charge in [0.1, 0.15) is 23.2 Å². The molecule has 1 aromatic heterocycles. The summed E-state index contributed by atoms with van der Waals surface area (Å²) in [5.74, 6) is 2.05. The van der Waals surface area contributed by atoms with Crippen LogP contribution in [0.4, 0.5) is 23.8 Å². The van der Waals surface area contributed by atoms with E-state index >= 15 is 0 Å². The molecule has 0 spiro atoms. The van der Waals surface area contributed by atoms with E-state index < -0.39 is 29.5 Å². The zero-order chi connectivity index (χ0) is 29.5. The molecule has 2 amide bonds. The van der Waals surface area contributed by atoms with Gasteiger partial charge in [0.15, 0.2) is 0 Å². The molecular formula is C28H36F3N5O4S. The second kappa shape index (κ2) is 11.4. The van der Waals surface area contributed by atoms with E-state index in [2.05, 4.69) is 9.88 Å². The van der Waals surface area contributed by atoms with Crippen LogP contribution in [0, 0.1) is 0 Å². The van der Waals surface area contributed by atoms with Crippen molar-refractivity contribution < 1.29 is 32.2 Å². The van der Waals surface area contributed by atoms with E-state index in [1.54, 1.807) is 54.5 Å². The monoisotopic (exact) mass is 595 g/mol. The Morgan fingerprint density at radius 3 is 2.39 bits per heavy atom. The molecule has 3 fully saturated rings. The summed E-state index contributed by atoms with van der Waals surface area (Å²) in [4.78, 5) is 38.5. The molecule has 0 N–H and O–H groups in total. The van der Waals surface area contributed by atoms with Crippen molar-refractivity contribution in [1.82, 2.24) is 19.7 Å². The van der Waals surface area contributed by atoms with Gasteiger partial charge >= 0.3 is 12.3 Å². The average Bonchev–Trinajstić information content (AvgIpc) is 3.61. The third kappa shape index (κ3) is 6.45. The fraction of sp³-hybridized carbons (Fsp3) is 0.607. The SMILES string of the molecule is COc1ccc2nc(N3CCN([C@H]4C[C@@H](C(=O)N5CCSC5)N(C(=O)OC(C)(C)C)C4)CC3)cc(C(F)(F)F)c2c1. The summed E-state index contributed by atoms with van der Waals surface area (Å²) in [6.07, 6.45) is -4.55. The van der Waals surface area contributed by atoms with Gasteiger partial charge in [0.25, 0.3) is 0 Å². The van der Waals surface area contributed by atoms with Gasteiger partial charge in [-0.15, -0.1) is 11.8 Å². The molecule has 224 valence electrons. The summed E-state index contributed by atoms with van der Waals surface area (Å²) in [6.45, 7) is 8.49. The molecule has 13 heteroatoms. The summed E-state index contributed by atoms with van der Waals surface area (Å²) in [5.41, 5.74) is -1.18. The van der Waals surface area contributed by atoms with Gasteiger partial charge < -0.3 is 19.3 Å². The normalized spacial score (nSPS) is 22.5. The fourth-order valence-corrected chi connectivity index (χ4v) is 6.62. The van der Waals surface area contributed by atoms with Crippen LogP contribution in [0.25, 0.3) is 10.9 Å². The molecule has 3 saturated heterocycles. The van der Waals surface area contributed by atoms with E-state index in [9.17, 15) is 22.8 Å². The number of piperazine rings is 1. The first kappa shape index (κ1) is 29.6. The van der Waals surface area contributed by atoms with Crippen LogP contribution < -0.4 is 9.64 Å². The summed E-state index contributed by atoms with van der Waals surface area (Å²) in [6, 6.07) is 4.97. The Morgan fingerprint density at radius 1 is 1.05 bits per heavy atom. The van der Waals surface area contributed by atoms with Crippen molar-refractivity contribution >= 4 is 40.5 Å². The van der Waals surface area contributed by atoms with Gasteiger partial charge in [-0.25, -0.2) is 9.78 Å². The minimum absolute atomic E-state index is 0.000429. The number of carbonyl (C=O) groups is 2. The van der Waals surface area contributed by atoms with Crippen molar-refractivity contribution in [2.45, 2.75) is 51.1 Å². The molecule has 0 unspecified atom stereocenters. The van der Waals surface area contributed by atoms with Crippen LogP contribution in [0.15, 0.2) is 24.3 Å². The van der Waals surface area contributed by atoms with Gasteiger partial charge in [-0.05, 0) is 51.5 Å². The number of thioether (sulfide) groups is 1. The number of nitrogens with zero attached hydrogens (tertiary/aromatic N) is 5. The number of aromatic nitrogens is 1. The van der Waals surface area contributed by atoms with Crippen LogP contribution in [0.5, 0.6) is 5.75 Å². The number of halogens is 3. The first-order valence-electron chi connectivity index (χ1n) is 13.7. The Morgan fingerprint density at radius 2 is 1.78 bits per heavy atom. The van der Waals surface area contributed by atoms with Crippen LogP contribution in [-0.4, -0.2) is 107 Å². The third-order valence-corrected chi connectivity index (χ3v) is 8.68. The molecule has 2 atom stereocenters. The van der Waals surface area contributed by atoms with Crippen molar-refractivity contribution in [3.63, 3.8) is 0 Å². The molecule has 0 bridgehead atoms. The van der Waals surface area contributed by atoms with Gasteiger partial charge in [-0.1, -0.05) is 0 Å². The van der Waals surface area contributed by atoms with Crippen LogP contribution in [-0.2, 0) is 15.7 Å². The maximum atomic E-state index is 14.0. The van der Waals surface area contributed by atoms with Crippen LogP contribution >= 0.6 is 11.8 Å². The summed E-state index contributed by atoms with van der Waals surface area (Å²) in [5, 5.41) is -0.000429. The predicted octanol–water partition coefficient (Wildman–Crippen LogP) is 4.30. The highest BCUT2D eigenvalue weighted by Gasteiger charge is 2.45. The number of amides is 2. The number of anilines is 1. The molecule has 4 heterocycles. The number of likely N-dealkylation sites (tertiary alicyclic amines) is 1. The molecule has 0 radical (unpaired) electrons. The number of ether oxygens (including phenoxy) is 2. The summed E-state index contributed by atoms with van der Waals surface area (Å²) < 4.78 is 52.8. The molecule has 3 aliphatic rings. The Kier molecular flexibility index (Phi) is 8.21. The largest absolute Gasteiger partial charge is 0.497 e. The number of hydrogen-bond donors (Lipinski definition) is 0. The van der Waals surface area contributed by atoms with Crippen LogP contribution in [0.3, 0.4) is 0 Å². The lowest BCUT2D eigenvalue weighted by molar-refractivity contribution is -0.136. The number of pyridine rings is 1. The van der Waals surface area contributed by atoms with Gasteiger partial charge in [-0.2, -0.15) is 13.2 Å². The van der Waals surface area contributed by atoms with Gasteiger partial charge in [0.05, 0.1) is 24.1 Å². The standard InChI is InChI=1S/C28H36F3N5O4S/c1-27(2,3)40-26(38)36-16-18(13-23(36)25(37)35-11-12-41-17-35)33-7-9-34(10-8-33)24-15-21(28(29,30)31)20-14-19(39-4)5-6-22(20)32-24/h5-6,14-15,18,23H,7-13,16-17H2,1-4H3/t18-,23-/m0/s1. The second-order valence-electron chi connectivity index (χ2n) is 11.6. The molecule has 5 rings (SSSR count). The van der Waals surface area contributed by atoms with Crippen molar-refractivity contribution in [2.24, 2.45) is 0 Å². The minimum atomic E-state index is -4.55. The molecule has 2 aromatic rings. The molecular weight excluding hydrogens is 559 g/mol. The lowest BCUT2D eigenvalue weighted by atomic mass is 10.1. The third-order valence-electron chi connectivity index (χ3n) is 7.72. The topological polar surface area (TPSA) is 78.5 Å². The number of carbonyl (C=O) groups excluding carboxylic acids is 2. The smallest absolute Gasteiger partial charge is 0.417 e. The zero-order valence-corrected chi connectivity index (χ0v) is 24.6. The van der Waals surface area contributed by atoms with Crippen molar-refractivity contribution in [1.29, 1.82) is 0 Å². The lowest BCUT2D eigenvalue weighted by Crippen LogP contribution is -2.51. The zero-order valence-electron chi connectivity index (χ0n) is 23.7. The van der Waals surface area contributed by atoms with Crippen molar-refractivity contribution in [3.8, 4) is 5.75 Å². The predicted molar refractivity (Wildman–Crippen MR) is 151 cm³/mol. The molecule has 3 aliphatic heterocycles. The van der Waals surface area contributed by atoms with E-state index in [1.807, 2.05) is 4.90 Å². The maximum Gasteiger partial charge on any atom is 0.417 e.